The SMILES string of the molecule is CO[Si](OC)(c1ccccc1)C(C)(C)C. The van der Waals surface area contributed by atoms with Crippen molar-refractivity contribution in [3.05, 3.63) is 30.3 Å². The Morgan fingerprint density at radius 1 is 0.933 bits per heavy atom. The second-order valence-corrected chi connectivity index (χ2v) is 8.77. The molecule has 0 radical (unpaired) electrons. The Kier molecular flexibility index (Phi) is 3.70. The topological polar surface area (TPSA) is 18.5 Å². The van der Waals surface area contributed by atoms with Crippen LogP contribution in [0.2, 0.25) is 5.04 Å². The van der Waals surface area contributed by atoms with Crippen LogP contribution in [0.1, 0.15) is 20.8 Å². The van der Waals surface area contributed by atoms with Crippen LogP contribution in [0.3, 0.4) is 0 Å². The molecule has 0 saturated carbocycles. The smallest absolute Gasteiger partial charge is 0.377 e. The summed E-state index contributed by atoms with van der Waals surface area (Å²) in [5.41, 5.74) is 0. The van der Waals surface area contributed by atoms with Crippen LogP contribution >= 0.6 is 0 Å². The van der Waals surface area contributed by atoms with Gasteiger partial charge in [0.2, 0.25) is 0 Å². The summed E-state index contributed by atoms with van der Waals surface area (Å²) in [6.45, 7) is 6.50. The lowest BCUT2D eigenvalue weighted by Crippen LogP contribution is -2.59. The average Bonchev–Trinajstić information content (AvgIpc) is 2.20. The Morgan fingerprint density at radius 2 is 1.40 bits per heavy atom. The van der Waals surface area contributed by atoms with Gasteiger partial charge in [-0.2, -0.15) is 0 Å². The predicted molar refractivity (Wildman–Crippen MR) is 65.6 cm³/mol. The first kappa shape index (κ1) is 12.4. The van der Waals surface area contributed by atoms with E-state index in [4.69, 9.17) is 8.85 Å². The van der Waals surface area contributed by atoms with Gasteiger partial charge in [-0.3, -0.25) is 0 Å². The molecule has 2 nitrogen and oxygen atoms in total. The number of rotatable bonds is 3. The molecule has 0 fully saturated rings. The molecule has 0 atom stereocenters. The average molecular weight is 224 g/mol. The maximum Gasteiger partial charge on any atom is 0.377 e. The van der Waals surface area contributed by atoms with E-state index in [1.165, 1.54) is 5.19 Å². The number of benzene rings is 1. The molecule has 15 heavy (non-hydrogen) atoms. The van der Waals surface area contributed by atoms with E-state index in [0.29, 0.717) is 0 Å². The van der Waals surface area contributed by atoms with Gasteiger partial charge in [0.1, 0.15) is 0 Å². The first-order valence-electron chi connectivity index (χ1n) is 5.14. The van der Waals surface area contributed by atoms with E-state index in [-0.39, 0.29) is 5.04 Å². The minimum absolute atomic E-state index is 0.0118. The highest BCUT2D eigenvalue weighted by Gasteiger charge is 2.49. The van der Waals surface area contributed by atoms with E-state index >= 15 is 0 Å². The Labute approximate surface area is 93.5 Å². The van der Waals surface area contributed by atoms with Gasteiger partial charge >= 0.3 is 8.56 Å². The van der Waals surface area contributed by atoms with Crippen LogP contribution in [0, 0.1) is 0 Å². The van der Waals surface area contributed by atoms with E-state index in [2.05, 4.69) is 32.9 Å². The van der Waals surface area contributed by atoms with E-state index in [0.717, 1.165) is 0 Å². The van der Waals surface area contributed by atoms with Crippen LogP contribution in [-0.2, 0) is 8.85 Å². The predicted octanol–water partition coefficient (Wildman–Crippen LogP) is 2.43. The lowest BCUT2D eigenvalue weighted by molar-refractivity contribution is 0.230. The normalized spacial score (nSPS) is 12.9. The summed E-state index contributed by atoms with van der Waals surface area (Å²) in [4.78, 5) is 0. The van der Waals surface area contributed by atoms with Gasteiger partial charge in [-0.25, -0.2) is 0 Å². The number of hydrogen-bond acceptors (Lipinski definition) is 2. The van der Waals surface area contributed by atoms with Crippen molar-refractivity contribution >= 4 is 13.7 Å². The zero-order valence-electron chi connectivity index (χ0n) is 10.2. The maximum atomic E-state index is 5.75. The van der Waals surface area contributed by atoms with Crippen LogP contribution in [0.25, 0.3) is 0 Å². The molecule has 1 rings (SSSR count). The zero-order chi connectivity index (χ0) is 11.5. The summed E-state index contributed by atoms with van der Waals surface area (Å²) in [6.07, 6.45) is 0. The van der Waals surface area contributed by atoms with Crippen molar-refractivity contribution in [1.29, 1.82) is 0 Å². The van der Waals surface area contributed by atoms with E-state index in [9.17, 15) is 0 Å². The quantitative estimate of drug-likeness (QED) is 0.734. The molecular weight excluding hydrogens is 204 g/mol. The molecule has 1 aromatic carbocycles. The van der Waals surface area contributed by atoms with Crippen molar-refractivity contribution in [3.8, 4) is 0 Å². The van der Waals surface area contributed by atoms with Gasteiger partial charge in [0.05, 0.1) is 0 Å². The van der Waals surface area contributed by atoms with Crippen molar-refractivity contribution in [3.63, 3.8) is 0 Å². The van der Waals surface area contributed by atoms with Crippen molar-refractivity contribution < 1.29 is 8.85 Å². The van der Waals surface area contributed by atoms with Gasteiger partial charge in [0.25, 0.3) is 0 Å². The highest BCUT2D eigenvalue weighted by Crippen LogP contribution is 2.36. The molecule has 0 bridgehead atoms. The van der Waals surface area contributed by atoms with Crippen LogP contribution < -0.4 is 5.19 Å². The van der Waals surface area contributed by atoms with Gasteiger partial charge < -0.3 is 8.85 Å². The molecule has 0 saturated heterocycles. The third-order valence-electron chi connectivity index (χ3n) is 2.72. The fraction of sp³-hybridized carbons (Fsp3) is 0.500. The molecule has 0 spiro atoms. The van der Waals surface area contributed by atoms with Gasteiger partial charge in [-0.05, 0) is 5.19 Å². The fourth-order valence-electron chi connectivity index (χ4n) is 2.02. The first-order chi connectivity index (χ1) is 6.98. The third-order valence-corrected chi connectivity index (χ3v) is 6.93. The lowest BCUT2D eigenvalue weighted by Gasteiger charge is -2.38. The summed E-state index contributed by atoms with van der Waals surface area (Å²) >= 11 is 0. The molecule has 0 aliphatic rings. The van der Waals surface area contributed by atoms with Gasteiger partial charge in [-0.15, -0.1) is 0 Å². The van der Waals surface area contributed by atoms with E-state index in [1.54, 1.807) is 14.2 Å². The third kappa shape index (κ3) is 2.14. The van der Waals surface area contributed by atoms with Crippen LogP contribution in [-0.4, -0.2) is 22.8 Å². The van der Waals surface area contributed by atoms with Crippen molar-refractivity contribution in [2.45, 2.75) is 25.8 Å². The summed E-state index contributed by atoms with van der Waals surface area (Å²) in [7, 11) is 1.17. The summed E-state index contributed by atoms with van der Waals surface area (Å²) in [6, 6.07) is 10.2. The van der Waals surface area contributed by atoms with Gasteiger partial charge in [0.15, 0.2) is 0 Å². The highest BCUT2D eigenvalue weighted by molar-refractivity contribution is 6.83. The molecule has 1 aromatic rings. The van der Waals surface area contributed by atoms with Crippen molar-refractivity contribution in [2.75, 3.05) is 14.2 Å². The Bertz CT molecular complexity index is 299. The first-order valence-corrected chi connectivity index (χ1v) is 6.95. The molecule has 0 unspecified atom stereocenters. The van der Waals surface area contributed by atoms with Crippen molar-refractivity contribution in [2.24, 2.45) is 0 Å². The Hall–Kier alpha value is -0.643. The summed E-state index contributed by atoms with van der Waals surface area (Å²) < 4.78 is 11.5. The minimum atomic E-state index is -2.32. The molecule has 84 valence electrons. The standard InChI is InChI=1S/C12H20O2Si/c1-12(2,3)15(13-4,14-5)11-9-7-6-8-10-11/h6-10H,1-5H3. The van der Waals surface area contributed by atoms with Crippen molar-refractivity contribution in [1.82, 2.24) is 0 Å². The minimum Gasteiger partial charge on any atom is -0.394 e. The molecule has 0 heterocycles. The monoisotopic (exact) mass is 224 g/mol. The highest BCUT2D eigenvalue weighted by atomic mass is 28.4. The molecule has 0 aliphatic carbocycles. The van der Waals surface area contributed by atoms with Crippen LogP contribution in [0.15, 0.2) is 30.3 Å². The number of hydrogen-bond donors (Lipinski definition) is 0. The molecule has 3 heteroatoms. The second kappa shape index (κ2) is 4.47. The summed E-state index contributed by atoms with van der Waals surface area (Å²) in [5, 5.41) is 1.19. The van der Waals surface area contributed by atoms with Crippen LogP contribution in [0.4, 0.5) is 0 Å². The molecule has 0 aromatic heterocycles. The van der Waals surface area contributed by atoms with Gasteiger partial charge in [-0.1, -0.05) is 51.1 Å². The van der Waals surface area contributed by atoms with Crippen LogP contribution in [0.5, 0.6) is 0 Å². The van der Waals surface area contributed by atoms with E-state index in [1.807, 2.05) is 18.2 Å². The zero-order valence-corrected chi connectivity index (χ0v) is 11.2. The maximum absolute atomic E-state index is 5.75. The Morgan fingerprint density at radius 3 is 1.73 bits per heavy atom. The molecule has 0 aliphatic heterocycles. The summed E-state index contributed by atoms with van der Waals surface area (Å²) in [5.74, 6) is 0. The van der Waals surface area contributed by atoms with E-state index < -0.39 is 8.56 Å². The largest absolute Gasteiger partial charge is 0.394 e. The fourth-order valence-corrected chi connectivity index (χ4v) is 5.38. The van der Waals surface area contributed by atoms with Gasteiger partial charge in [0, 0.05) is 19.3 Å². The molecule has 0 amide bonds. The Balaban J connectivity index is 3.24. The molecular formula is C12H20O2Si. The second-order valence-electron chi connectivity index (χ2n) is 4.64. The molecule has 0 N–H and O–H groups in total. The lowest BCUT2D eigenvalue weighted by atomic mass is 10.2.